The maximum absolute atomic E-state index is 4.03. The van der Waals surface area contributed by atoms with Crippen LogP contribution in [-0.4, -0.2) is 28.8 Å². The molecule has 1 fully saturated rings. The molecular formula is C21H22N4. The van der Waals surface area contributed by atoms with Crippen molar-refractivity contribution in [1.82, 2.24) is 10.2 Å². The third-order valence-corrected chi connectivity index (χ3v) is 5.74. The van der Waals surface area contributed by atoms with Crippen LogP contribution in [0.25, 0.3) is 11.1 Å². The average molecular weight is 330 g/mol. The highest BCUT2D eigenvalue weighted by Crippen LogP contribution is 2.40. The van der Waals surface area contributed by atoms with Gasteiger partial charge >= 0.3 is 0 Å². The molecule has 0 radical (unpaired) electrons. The third kappa shape index (κ3) is 2.40. The van der Waals surface area contributed by atoms with Crippen LogP contribution in [0.15, 0.2) is 54.9 Å². The number of rotatable bonds is 2. The van der Waals surface area contributed by atoms with Crippen molar-refractivity contribution in [3.8, 4) is 11.1 Å². The van der Waals surface area contributed by atoms with Crippen molar-refractivity contribution >= 4 is 11.4 Å². The fraction of sp³-hybridized carbons (Fsp3) is 0.286. The topological polar surface area (TPSA) is 44.0 Å². The molecule has 2 aromatic carbocycles. The molecule has 1 aromatic heterocycles. The Labute approximate surface area is 147 Å². The lowest BCUT2D eigenvalue weighted by Crippen LogP contribution is -2.39. The van der Waals surface area contributed by atoms with Crippen LogP contribution in [0.4, 0.5) is 11.4 Å². The molecule has 0 aliphatic carbocycles. The number of aromatic nitrogens is 2. The highest BCUT2D eigenvalue weighted by molar-refractivity contribution is 5.67. The van der Waals surface area contributed by atoms with Crippen molar-refractivity contribution in [2.24, 2.45) is 0 Å². The van der Waals surface area contributed by atoms with Crippen molar-refractivity contribution in [1.29, 1.82) is 0 Å². The molecule has 2 aliphatic rings. The fourth-order valence-corrected chi connectivity index (χ4v) is 4.33. The zero-order valence-electron chi connectivity index (χ0n) is 14.4. The van der Waals surface area contributed by atoms with Gasteiger partial charge in [0.2, 0.25) is 0 Å². The van der Waals surface area contributed by atoms with Crippen molar-refractivity contribution in [3.63, 3.8) is 0 Å². The van der Waals surface area contributed by atoms with Gasteiger partial charge in [0.15, 0.2) is 0 Å². The molecule has 4 nitrogen and oxygen atoms in total. The Morgan fingerprint density at radius 2 is 1.96 bits per heavy atom. The maximum Gasteiger partial charge on any atom is 0.0606 e. The number of anilines is 2. The van der Waals surface area contributed by atoms with Gasteiger partial charge in [0.25, 0.3) is 0 Å². The van der Waals surface area contributed by atoms with E-state index in [0.29, 0.717) is 0 Å². The van der Waals surface area contributed by atoms with E-state index in [4.69, 9.17) is 0 Å². The number of hydrogen-bond donors (Lipinski definition) is 2. The third-order valence-electron chi connectivity index (χ3n) is 5.74. The molecule has 1 spiro atoms. The summed E-state index contributed by atoms with van der Waals surface area (Å²) in [6.07, 6.45) is 6.12. The smallest absolute Gasteiger partial charge is 0.0606 e. The van der Waals surface area contributed by atoms with Crippen LogP contribution in [0, 0.1) is 6.92 Å². The van der Waals surface area contributed by atoms with E-state index >= 15 is 0 Å². The normalized spacial score (nSPS) is 21.6. The van der Waals surface area contributed by atoms with E-state index in [1.54, 1.807) is 0 Å². The van der Waals surface area contributed by atoms with Crippen molar-refractivity contribution < 1.29 is 0 Å². The predicted molar refractivity (Wildman–Crippen MR) is 102 cm³/mol. The van der Waals surface area contributed by atoms with Crippen LogP contribution in [-0.2, 0) is 6.42 Å². The highest BCUT2D eigenvalue weighted by Gasteiger charge is 2.43. The van der Waals surface area contributed by atoms with E-state index in [2.05, 4.69) is 69.8 Å². The number of benzene rings is 2. The molecule has 3 heterocycles. The number of nitrogens with zero attached hydrogens (tertiary/aromatic N) is 2. The van der Waals surface area contributed by atoms with E-state index in [1.165, 1.54) is 34.5 Å². The van der Waals surface area contributed by atoms with Crippen LogP contribution in [0.3, 0.4) is 0 Å². The molecule has 0 saturated carbocycles. The van der Waals surface area contributed by atoms with Gasteiger partial charge in [0.1, 0.15) is 0 Å². The first kappa shape index (κ1) is 14.6. The van der Waals surface area contributed by atoms with Crippen LogP contribution in [0.1, 0.15) is 17.5 Å². The summed E-state index contributed by atoms with van der Waals surface area (Å²) >= 11 is 0. The quantitative estimate of drug-likeness (QED) is 0.746. The molecule has 1 atom stereocenters. The predicted octanol–water partition coefficient (Wildman–Crippen LogP) is 4.00. The molecule has 1 saturated heterocycles. The largest absolute Gasteiger partial charge is 0.377 e. The van der Waals surface area contributed by atoms with Crippen LogP contribution >= 0.6 is 0 Å². The van der Waals surface area contributed by atoms with Crippen LogP contribution in [0.2, 0.25) is 0 Å². The Kier molecular flexibility index (Phi) is 3.14. The van der Waals surface area contributed by atoms with Gasteiger partial charge in [0, 0.05) is 36.2 Å². The molecule has 2 aliphatic heterocycles. The number of hydrogen-bond acceptors (Lipinski definition) is 3. The molecule has 126 valence electrons. The van der Waals surface area contributed by atoms with E-state index in [0.717, 1.165) is 25.1 Å². The highest BCUT2D eigenvalue weighted by atomic mass is 15.2. The number of fused-ring (bicyclic) bond motifs is 1. The Hall–Kier alpha value is -2.75. The SMILES string of the molecule is Cc1cccc2c1CC1(CCN(c3ccc(-c4cn[nH]c4)cc3)C1)N2. The lowest BCUT2D eigenvalue weighted by atomic mass is 9.93. The second-order valence-electron chi connectivity index (χ2n) is 7.39. The number of H-pyrrole nitrogens is 1. The molecule has 3 aromatic rings. The summed E-state index contributed by atoms with van der Waals surface area (Å²) in [6, 6.07) is 15.4. The van der Waals surface area contributed by atoms with Crippen molar-refractivity contribution in [2.75, 3.05) is 23.3 Å². The number of nitrogens with one attached hydrogen (secondary N) is 2. The summed E-state index contributed by atoms with van der Waals surface area (Å²) in [7, 11) is 0. The van der Waals surface area contributed by atoms with E-state index in [-0.39, 0.29) is 5.54 Å². The van der Waals surface area contributed by atoms with Crippen molar-refractivity contribution in [2.45, 2.75) is 25.3 Å². The van der Waals surface area contributed by atoms with E-state index in [1.807, 2.05) is 12.4 Å². The first-order valence-electron chi connectivity index (χ1n) is 8.93. The first-order chi connectivity index (χ1) is 12.2. The van der Waals surface area contributed by atoms with Crippen LogP contribution < -0.4 is 10.2 Å². The molecular weight excluding hydrogens is 308 g/mol. The Bertz CT molecular complexity index is 898. The second kappa shape index (κ2) is 5.38. The van der Waals surface area contributed by atoms with E-state index < -0.39 is 0 Å². The first-order valence-corrected chi connectivity index (χ1v) is 8.93. The zero-order valence-corrected chi connectivity index (χ0v) is 14.4. The molecule has 0 amide bonds. The van der Waals surface area contributed by atoms with Crippen molar-refractivity contribution in [3.05, 3.63) is 66.0 Å². The Balaban J connectivity index is 1.36. The molecule has 5 rings (SSSR count). The molecule has 1 unspecified atom stereocenters. The summed E-state index contributed by atoms with van der Waals surface area (Å²) in [5.41, 5.74) is 8.07. The lowest BCUT2D eigenvalue weighted by molar-refractivity contribution is 0.538. The molecule has 4 heteroatoms. The van der Waals surface area contributed by atoms with E-state index in [9.17, 15) is 0 Å². The summed E-state index contributed by atoms with van der Waals surface area (Å²) in [4.78, 5) is 2.51. The van der Waals surface area contributed by atoms with Gasteiger partial charge in [-0.15, -0.1) is 0 Å². The lowest BCUT2D eigenvalue weighted by Gasteiger charge is -2.26. The van der Waals surface area contributed by atoms with Gasteiger partial charge in [-0.25, -0.2) is 0 Å². The maximum atomic E-state index is 4.03. The minimum atomic E-state index is 0.192. The molecule has 0 bridgehead atoms. The van der Waals surface area contributed by atoms with Crippen LogP contribution in [0.5, 0.6) is 0 Å². The summed E-state index contributed by atoms with van der Waals surface area (Å²) in [5, 5.41) is 10.7. The van der Waals surface area contributed by atoms with Gasteiger partial charge in [-0.3, -0.25) is 5.10 Å². The Morgan fingerprint density at radius 1 is 1.08 bits per heavy atom. The molecule has 25 heavy (non-hydrogen) atoms. The average Bonchev–Trinajstić information content (AvgIpc) is 3.36. The second-order valence-corrected chi connectivity index (χ2v) is 7.39. The fourth-order valence-electron chi connectivity index (χ4n) is 4.33. The summed E-state index contributed by atoms with van der Waals surface area (Å²) < 4.78 is 0. The minimum Gasteiger partial charge on any atom is -0.377 e. The molecule has 2 N–H and O–H groups in total. The van der Waals surface area contributed by atoms with Gasteiger partial charge in [-0.1, -0.05) is 24.3 Å². The van der Waals surface area contributed by atoms with Gasteiger partial charge in [-0.2, -0.15) is 5.10 Å². The standard InChI is InChI=1S/C21H22N4/c1-15-3-2-4-20-19(15)11-21(24-20)9-10-25(14-21)18-7-5-16(6-8-18)17-12-22-23-13-17/h2-8,12-13,24H,9-11,14H2,1H3,(H,22,23). The number of aromatic amines is 1. The van der Waals surface area contributed by atoms with Gasteiger partial charge in [-0.05, 0) is 54.7 Å². The Morgan fingerprint density at radius 3 is 2.72 bits per heavy atom. The number of aryl methyl sites for hydroxylation is 1. The summed E-state index contributed by atoms with van der Waals surface area (Å²) in [6.45, 7) is 4.39. The van der Waals surface area contributed by atoms with Gasteiger partial charge < -0.3 is 10.2 Å². The minimum absolute atomic E-state index is 0.192. The zero-order chi connectivity index (χ0) is 16.9. The monoisotopic (exact) mass is 330 g/mol. The van der Waals surface area contributed by atoms with Gasteiger partial charge in [0.05, 0.1) is 11.7 Å². The summed E-state index contributed by atoms with van der Waals surface area (Å²) in [5.74, 6) is 0.